The Morgan fingerprint density at radius 1 is 0.909 bits per heavy atom. The molecular weight excluding hydrogens is 418 g/mol. The van der Waals surface area contributed by atoms with E-state index in [4.69, 9.17) is 4.63 Å². The van der Waals surface area contributed by atoms with E-state index in [9.17, 15) is 9.59 Å². The number of amides is 2. The summed E-state index contributed by atoms with van der Waals surface area (Å²) < 4.78 is 4.72. The largest absolute Gasteiger partial charge is 0.368 e. The van der Waals surface area contributed by atoms with E-state index in [1.54, 1.807) is 13.0 Å². The molecule has 2 amide bonds. The van der Waals surface area contributed by atoms with Crippen LogP contribution in [0.5, 0.6) is 0 Å². The summed E-state index contributed by atoms with van der Waals surface area (Å²) in [6, 6.07) is 16.1. The summed E-state index contributed by atoms with van der Waals surface area (Å²) in [4.78, 5) is 32.1. The number of fused-ring (bicyclic) bond motifs is 1. The molecule has 8 nitrogen and oxygen atoms in total. The Hall–Kier alpha value is -3.52. The summed E-state index contributed by atoms with van der Waals surface area (Å²) in [5.41, 5.74) is 4.24. The minimum absolute atomic E-state index is 0.0658. The number of hydrogen-bond donors (Lipinski definition) is 0. The maximum atomic E-state index is 13.2. The van der Waals surface area contributed by atoms with Gasteiger partial charge in [0.25, 0.3) is 11.8 Å². The van der Waals surface area contributed by atoms with Gasteiger partial charge in [-0.2, -0.15) is 0 Å². The van der Waals surface area contributed by atoms with Gasteiger partial charge in [0.1, 0.15) is 11.4 Å². The Balaban J connectivity index is 1.23. The molecule has 33 heavy (non-hydrogen) atoms. The van der Waals surface area contributed by atoms with Crippen molar-refractivity contribution in [3.63, 3.8) is 0 Å². The van der Waals surface area contributed by atoms with E-state index in [0.717, 1.165) is 51.3 Å². The normalized spacial score (nSPS) is 16.5. The van der Waals surface area contributed by atoms with Gasteiger partial charge in [-0.1, -0.05) is 46.7 Å². The van der Waals surface area contributed by atoms with Crippen molar-refractivity contribution in [2.24, 2.45) is 0 Å². The van der Waals surface area contributed by atoms with Crippen LogP contribution in [-0.4, -0.2) is 64.7 Å². The Labute approximate surface area is 192 Å². The minimum Gasteiger partial charge on any atom is -0.368 e. The molecular formula is C25H27N5O3. The third-order valence-electron chi connectivity index (χ3n) is 6.53. The average Bonchev–Trinajstić information content (AvgIpc) is 3.36. The molecule has 2 aliphatic rings. The van der Waals surface area contributed by atoms with E-state index in [1.165, 1.54) is 10.5 Å². The molecule has 2 aromatic carbocycles. The van der Waals surface area contributed by atoms with Gasteiger partial charge in [-0.3, -0.25) is 19.4 Å². The summed E-state index contributed by atoms with van der Waals surface area (Å²) in [6.07, 6.45) is 2.21. The number of nitrogens with zero attached hydrogens (tertiary/aromatic N) is 5. The number of rotatable bonds is 7. The fourth-order valence-electron chi connectivity index (χ4n) is 4.63. The van der Waals surface area contributed by atoms with Crippen LogP contribution in [0.4, 0.5) is 5.69 Å². The van der Waals surface area contributed by atoms with Crippen LogP contribution in [0.2, 0.25) is 0 Å². The zero-order chi connectivity index (χ0) is 22.8. The lowest BCUT2D eigenvalue weighted by Crippen LogP contribution is -2.47. The van der Waals surface area contributed by atoms with Crippen molar-refractivity contribution in [1.82, 2.24) is 20.1 Å². The molecule has 0 spiro atoms. The van der Waals surface area contributed by atoms with Crippen LogP contribution in [0.3, 0.4) is 0 Å². The van der Waals surface area contributed by atoms with E-state index in [2.05, 4.69) is 44.4 Å². The van der Waals surface area contributed by atoms with Crippen LogP contribution < -0.4 is 4.90 Å². The average molecular weight is 446 g/mol. The second-order valence-electron chi connectivity index (χ2n) is 8.61. The molecule has 1 fully saturated rings. The van der Waals surface area contributed by atoms with Gasteiger partial charge in [0.15, 0.2) is 0 Å². The lowest BCUT2D eigenvalue weighted by molar-refractivity contribution is 0.0639. The van der Waals surface area contributed by atoms with Crippen LogP contribution in [-0.2, 0) is 13.0 Å². The second kappa shape index (κ2) is 9.15. The van der Waals surface area contributed by atoms with Crippen molar-refractivity contribution >= 4 is 17.5 Å². The number of benzene rings is 2. The first-order valence-electron chi connectivity index (χ1n) is 11.4. The standard InChI is InChI=1S/C25H27N5O3/c1-18-21(27-33-26-18)17-30-24(31)20-10-5-11-22(23(20)25(30)32)29-15-13-28(14-16-29)12-6-9-19-7-3-2-4-8-19/h2-5,7-8,10-11H,6,9,12-17H2,1H3. The fourth-order valence-corrected chi connectivity index (χ4v) is 4.63. The first kappa shape index (κ1) is 21.3. The maximum Gasteiger partial charge on any atom is 0.264 e. The SMILES string of the molecule is Cc1nonc1CN1C(=O)c2cccc(N3CCN(CCCc4ccccc4)CC3)c2C1=O. The van der Waals surface area contributed by atoms with Crippen LogP contribution in [0.1, 0.15) is 44.1 Å². The summed E-state index contributed by atoms with van der Waals surface area (Å²) in [7, 11) is 0. The number of carbonyl (C=O) groups is 2. The molecule has 5 rings (SSSR count). The van der Waals surface area contributed by atoms with Gasteiger partial charge < -0.3 is 4.90 Å². The molecule has 0 atom stereocenters. The topological polar surface area (TPSA) is 82.8 Å². The van der Waals surface area contributed by atoms with Crippen molar-refractivity contribution in [1.29, 1.82) is 0 Å². The van der Waals surface area contributed by atoms with Gasteiger partial charge in [-0.25, -0.2) is 4.63 Å². The summed E-state index contributed by atoms with van der Waals surface area (Å²) in [5.74, 6) is -0.572. The van der Waals surface area contributed by atoms with Crippen LogP contribution >= 0.6 is 0 Å². The van der Waals surface area contributed by atoms with Gasteiger partial charge in [0.05, 0.1) is 23.4 Å². The van der Waals surface area contributed by atoms with E-state index in [-0.39, 0.29) is 18.4 Å². The lowest BCUT2D eigenvalue weighted by Gasteiger charge is -2.36. The molecule has 170 valence electrons. The number of aromatic nitrogens is 2. The minimum atomic E-state index is -0.293. The zero-order valence-corrected chi connectivity index (χ0v) is 18.7. The summed E-state index contributed by atoms with van der Waals surface area (Å²) in [6.45, 7) is 6.41. The molecule has 3 aromatic rings. The quantitative estimate of drug-likeness (QED) is 0.517. The van der Waals surface area contributed by atoms with Gasteiger partial charge >= 0.3 is 0 Å². The molecule has 3 heterocycles. The molecule has 0 N–H and O–H groups in total. The Bertz CT molecular complexity index is 1150. The van der Waals surface area contributed by atoms with Crippen LogP contribution in [0.15, 0.2) is 53.2 Å². The predicted molar refractivity (Wildman–Crippen MR) is 123 cm³/mol. The number of piperazine rings is 1. The van der Waals surface area contributed by atoms with Crippen molar-refractivity contribution in [2.75, 3.05) is 37.6 Å². The number of imide groups is 1. The first-order chi connectivity index (χ1) is 16.1. The van der Waals surface area contributed by atoms with E-state index in [1.807, 2.05) is 18.2 Å². The van der Waals surface area contributed by atoms with E-state index in [0.29, 0.717) is 22.5 Å². The number of anilines is 1. The molecule has 1 saturated heterocycles. The van der Waals surface area contributed by atoms with Crippen LogP contribution in [0.25, 0.3) is 0 Å². The van der Waals surface area contributed by atoms with Gasteiger partial charge in [0, 0.05) is 26.2 Å². The second-order valence-corrected chi connectivity index (χ2v) is 8.61. The summed E-state index contributed by atoms with van der Waals surface area (Å²) >= 11 is 0. The van der Waals surface area contributed by atoms with Gasteiger partial charge in [-0.15, -0.1) is 0 Å². The van der Waals surface area contributed by atoms with Crippen molar-refractivity contribution < 1.29 is 14.2 Å². The predicted octanol–water partition coefficient (Wildman–Crippen LogP) is 2.93. The third kappa shape index (κ3) is 4.26. The van der Waals surface area contributed by atoms with E-state index >= 15 is 0 Å². The van der Waals surface area contributed by atoms with Crippen molar-refractivity contribution in [3.05, 3.63) is 76.6 Å². The highest BCUT2D eigenvalue weighted by molar-refractivity contribution is 6.23. The molecule has 0 saturated carbocycles. The Kier molecular flexibility index (Phi) is 5.92. The monoisotopic (exact) mass is 445 g/mol. The fraction of sp³-hybridized carbons (Fsp3) is 0.360. The number of aryl methyl sites for hydroxylation is 2. The first-order valence-corrected chi connectivity index (χ1v) is 11.4. The summed E-state index contributed by atoms with van der Waals surface area (Å²) in [5, 5.41) is 7.57. The van der Waals surface area contributed by atoms with Crippen molar-refractivity contribution in [2.45, 2.75) is 26.3 Å². The molecule has 2 aliphatic heterocycles. The van der Waals surface area contributed by atoms with Gasteiger partial charge in [-0.05, 0) is 44.0 Å². The van der Waals surface area contributed by atoms with Crippen LogP contribution in [0, 0.1) is 6.92 Å². The zero-order valence-electron chi connectivity index (χ0n) is 18.7. The molecule has 0 aliphatic carbocycles. The molecule has 1 aromatic heterocycles. The highest BCUT2D eigenvalue weighted by Crippen LogP contribution is 2.33. The van der Waals surface area contributed by atoms with Gasteiger partial charge in [0.2, 0.25) is 0 Å². The molecule has 0 radical (unpaired) electrons. The highest BCUT2D eigenvalue weighted by Gasteiger charge is 2.39. The molecule has 0 unspecified atom stereocenters. The number of carbonyl (C=O) groups excluding carboxylic acids is 2. The molecule has 8 heteroatoms. The maximum absolute atomic E-state index is 13.2. The Morgan fingerprint density at radius 3 is 2.42 bits per heavy atom. The van der Waals surface area contributed by atoms with E-state index < -0.39 is 0 Å². The smallest absolute Gasteiger partial charge is 0.264 e. The van der Waals surface area contributed by atoms with Crippen molar-refractivity contribution in [3.8, 4) is 0 Å². The number of hydrogen-bond acceptors (Lipinski definition) is 7. The third-order valence-corrected chi connectivity index (χ3v) is 6.53. The Morgan fingerprint density at radius 2 is 1.70 bits per heavy atom. The highest BCUT2D eigenvalue weighted by atomic mass is 16.6. The lowest BCUT2D eigenvalue weighted by atomic mass is 10.1. The molecule has 0 bridgehead atoms.